The molecule has 0 radical (unpaired) electrons. The third-order valence-corrected chi connectivity index (χ3v) is 2.53. The first-order valence-corrected chi connectivity index (χ1v) is 6.06. The average Bonchev–Trinajstić information content (AvgIpc) is 2.29. The average molecular weight is 237 g/mol. The highest BCUT2D eigenvalue weighted by Gasteiger charge is 1.96. The number of nitrogens with zero attached hydrogens (tertiary/aromatic N) is 1. The second-order valence-electron chi connectivity index (χ2n) is 3.77. The lowest BCUT2D eigenvalue weighted by atomic mass is 10.2. The van der Waals surface area contributed by atoms with Crippen molar-refractivity contribution < 1.29 is 0 Å². The van der Waals surface area contributed by atoms with Crippen molar-refractivity contribution in [2.45, 2.75) is 33.2 Å². The summed E-state index contributed by atoms with van der Waals surface area (Å²) in [6, 6.07) is 4.06. The molecule has 0 fully saturated rings. The van der Waals surface area contributed by atoms with Crippen molar-refractivity contribution in [2.24, 2.45) is 0 Å². The molecule has 0 spiro atoms. The van der Waals surface area contributed by atoms with Crippen molar-refractivity contribution in [3.05, 3.63) is 29.6 Å². The van der Waals surface area contributed by atoms with E-state index >= 15 is 0 Å². The molecule has 1 aromatic rings. The zero-order valence-corrected chi connectivity index (χ0v) is 10.7. The molecule has 0 unspecified atom stereocenters. The predicted molar refractivity (Wildman–Crippen MR) is 71.3 cm³/mol. The van der Waals surface area contributed by atoms with Crippen molar-refractivity contribution >= 4 is 17.3 Å². The minimum absolute atomic E-state index is 0.717. The van der Waals surface area contributed by atoms with Crippen LogP contribution in [-0.2, 0) is 6.54 Å². The standard InChI is InChI=1S/C12H19N3S/c1-3-4-7-13-12(16)15-9-11-6-5-10(2)14-8-11/h5-6,8H,3-4,7,9H2,1-2H3,(H2,13,15,16). The van der Waals surface area contributed by atoms with Gasteiger partial charge in [-0.2, -0.15) is 0 Å². The number of thiocarbonyl (C=S) groups is 1. The van der Waals surface area contributed by atoms with Gasteiger partial charge in [0, 0.05) is 25.0 Å². The third kappa shape index (κ3) is 5.07. The molecule has 3 nitrogen and oxygen atoms in total. The van der Waals surface area contributed by atoms with Gasteiger partial charge in [-0.05, 0) is 37.2 Å². The molecule has 0 aliphatic carbocycles. The van der Waals surface area contributed by atoms with E-state index in [1.165, 1.54) is 6.42 Å². The van der Waals surface area contributed by atoms with Gasteiger partial charge >= 0.3 is 0 Å². The van der Waals surface area contributed by atoms with Crippen LogP contribution in [0.25, 0.3) is 0 Å². The largest absolute Gasteiger partial charge is 0.363 e. The highest BCUT2D eigenvalue weighted by atomic mass is 32.1. The maximum Gasteiger partial charge on any atom is 0.166 e. The Labute approximate surface area is 103 Å². The van der Waals surface area contributed by atoms with Crippen molar-refractivity contribution in [3.8, 4) is 0 Å². The van der Waals surface area contributed by atoms with Gasteiger partial charge < -0.3 is 10.6 Å². The van der Waals surface area contributed by atoms with Gasteiger partial charge in [-0.1, -0.05) is 19.4 Å². The maximum absolute atomic E-state index is 5.15. The minimum atomic E-state index is 0.717. The summed E-state index contributed by atoms with van der Waals surface area (Å²) in [5, 5.41) is 7.04. The van der Waals surface area contributed by atoms with Crippen LogP contribution < -0.4 is 10.6 Å². The van der Waals surface area contributed by atoms with Crippen LogP contribution in [0.15, 0.2) is 18.3 Å². The van der Waals surface area contributed by atoms with Crippen LogP contribution in [0.5, 0.6) is 0 Å². The number of unbranched alkanes of at least 4 members (excludes halogenated alkanes) is 1. The number of pyridine rings is 1. The quantitative estimate of drug-likeness (QED) is 0.608. The molecule has 1 aromatic heterocycles. The summed E-state index contributed by atoms with van der Waals surface area (Å²) >= 11 is 5.15. The molecule has 2 N–H and O–H groups in total. The number of hydrogen-bond acceptors (Lipinski definition) is 2. The van der Waals surface area contributed by atoms with Crippen molar-refractivity contribution in [1.29, 1.82) is 0 Å². The summed E-state index contributed by atoms with van der Waals surface area (Å²) in [6.07, 6.45) is 4.20. The van der Waals surface area contributed by atoms with Crippen molar-refractivity contribution in [2.75, 3.05) is 6.54 Å². The zero-order valence-electron chi connectivity index (χ0n) is 9.92. The fraction of sp³-hybridized carbons (Fsp3) is 0.500. The summed E-state index contributed by atoms with van der Waals surface area (Å²) in [7, 11) is 0. The number of rotatable bonds is 5. The molecule has 1 heterocycles. The highest BCUT2D eigenvalue weighted by Crippen LogP contribution is 1.98. The number of hydrogen-bond donors (Lipinski definition) is 2. The van der Waals surface area contributed by atoms with Crippen LogP contribution in [0.2, 0.25) is 0 Å². The Hall–Kier alpha value is -1.16. The zero-order chi connectivity index (χ0) is 11.8. The fourth-order valence-corrected chi connectivity index (χ4v) is 1.40. The Bertz CT molecular complexity index is 322. The van der Waals surface area contributed by atoms with Gasteiger partial charge in [-0.25, -0.2) is 0 Å². The Morgan fingerprint density at radius 3 is 2.81 bits per heavy atom. The first-order chi connectivity index (χ1) is 7.72. The van der Waals surface area contributed by atoms with E-state index in [-0.39, 0.29) is 0 Å². The molecule has 0 atom stereocenters. The molecular formula is C12H19N3S. The molecule has 4 heteroatoms. The summed E-state index contributed by atoms with van der Waals surface area (Å²) < 4.78 is 0. The summed E-state index contributed by atoms with van der Waals surface area (Å²) in [5.74, 6) is 0. The van der Waals surface area contributed by atoms with Crippen LogP contribution >= 0.6 is 12.2 Å². The lowest BCUT2D eigenvalue weighted by molar-refractivity contribution is 0.738. The van der Waals surface area contributed by atoms with E-state index in [1.807, 2.05) is 19.2 Å². The number of aromatic nitrogens is 1. The summed E-state index contributed by atoms with van der Waals surface area (Å²) in [5.41, 5.74) is 2.18. The van der Waals surface area contributed by atoms with Crippen molar-refractivity contribution in [1.82, 2.24) is 15.6 Å². The molecule has 0 saturated carbocycles. The lowest BCUT2D eigenvalue weighted by Gasteiger charge is -2.09. The first-order valence-electron chi connectivity index (χ1n) is 5.65. The van der Waals surface area contributed by atoms with Gasteiger partial charge in [-0.3, -0.25) is 4.98 Å². The van der Waals surface area contributed by atoms with E-state index in [9.17, 15) is 0 Å². The van der Waals surface area contributed by atoms with Crippen molar-refractivity contribution in [3.63, 3.8) is 0 Å². The van der Waals surface area contributed by atoms with Gasteiger partial charge in [0.25, 0.3) is 0 Å². The van der Waals surface area contributed by atoms with E-state index in [1.54, 1.807) is 0 Å². The smallest absolute Gasteiger partial charge is 0.166 e. The molecule has 0 amide bonds. The van der Waals surface area contributed by atoms with Gasteiger partial charge in [0.15, 0.2) is 5.11 Å². The minimum Gasteiger partial charge on any atom is -0.363 e. The van der Waals surface area contributed by atoms with Gasteiger partial charge in [-0.15, -0.1) is 0 Å². The normalized spacial score (nSPS) is 9.88. The molecule has 88 valence electrons. The fourth-order valence-electron chi connectivity index (χ4n) is 1.23. The Balaban J connectivity index is 2.23. The predicted octanol–water partition coefficient (Wildman–Crippen LogP) is 2.15. The third-order valence-electron chi connectivity index (χ3n) is 2.24. The van der Waals surface area contributed by atoms with E-state index in [4.69, 9.17) is 12.2 Å². The molecule has 1 rings (SSSR count). The van der Waals surface area contributed by atoms with Crippen LogP contribution in [0.3, 0.4) is 0 Å². The van der Waals surface area contributed by atoms with Gasteiger partial charge in [0.1, 0.15) is 0 Å². The van der Waals surface area contributed by atoms with Crippen LogP contribution in [0, 0.1) is 6.92 Å². The lowest BCUT2D eigenvalue weighted by Crippen LogP contribution is -2.35. The number of aryl methyl sites for hydroxylation is 1. The van der Waals surface area contributed by atoms with E-state index in [0.29, 0.717) is 5.11 Å². The van der Waals surface area contributed by atoms with Gasteiger partial charge in [0.2, 0.25) is 0 Å². The molecule has 0 aromatic carbocycles. The Kier molecular flexibility index (Phi) is 5.78. The van der Waals surface area contributed by atoms with E-state index in [2.05, 4.69) is 28.6 Å². The topological polar surface area (TPSA) is 37.0 Å². The second kappa shape index (κ2) is 7.17. The Morgan fingerprint density at radius 1 is 1.38 bits per heavy atom. The summed E-state index contributed by atoms with van der Waals surface area (Å²) in [6.45, 7) is 5.81. The van der Waals surface area contributed by atoms with Crippen LogP contribution in [-0.4, -0.2) is 16.6 Å². The van der Waals surface area contributed by atoms with Gasteiger partial charge in [0.05, 0.1) is 0 Å². The number of nitrogens with one attached hydrogen (secondary N) is 2. The van der Waals surface area contributed by atoms with E-state index < -0.39 is 0 Å². The second-order valence-corrected chi connectivity index (χ2v) is 4.18. The molecule has 16 heavy (non-hydrogen) atoms. The van der Waals surface area contributed by atoms with Crippen LogP contribution in [0.1, 0.15) is 31.0 Å². The Morgan fingerprint density at radius 2 is 2.19 bits per heavy atom. The maximum atomic E-state index is 5.15. The SMILES string of the molecule is CCCCNC(=S)NCc1ccc(C)nc1. The highest BCUT2D eigenvalue weighted by molar-refractivity contribution is 7.80. The molecule has 0 aliphatic heterocycles. The van der Waals surface area contributed by atoms with Crippen LogP contribution in [0.4, 0.5) is 0 Å². The monoisotopic (exact) mass is 237 g/mol. The first kappa shape index (κ1) is 12.9. The molecule has 0 bridgehead atoms. The molecular weight excluding hydrogens is 218 g/mol. The summed E-state index contributed by atoms with van der Waals surface area (Å²) in [4.78, 5) is 4.23. The molecule has 0 aliphatic rings. The molecule has 0 saturated heterocycles. The van der Waals surface area contributed by atoms with E-state index in [0.717, 1.165) is 30.8 Å².